The molecule has 0 atom stereocenters. The van der Waals surface area contributed by atoms with Crippen LogP contribution in [0.15, 0.2) is 158 Å². The summed E-state index contributed by atoms with van der Waals surface area (Å²) in [4.78, 5) is 19.9. The van der Waals surface area contributed by atoms with Crippen molar-refractivity contribution in [2.24, 2.45) is 0 Å². The summed E-state index contributed by atoms with van der Waals surface area (Å²) in [5.41, 5.74) is 11.7. The van der Waals surface area contributed by atoms with Crippen LogP contribution in [0.3, 0.4) is 0 Å². The van der Waals surface area contributed by atoms with Gasteiger partial charge >= 0.3 is 0 Å². The van der Waals surface area contributed by atoms with Gasteiger partial charge in [0.2, 0.25) is 0 Å². The molecule has 1 aliphatic rings. The number of nitrogens with zero attached hydrogens (tertiary/aromatic N) is 4. The van der Waals surface area contributed by atoms with Crippen LogP contribution in [-0.2, 0) is 26.5 Å². The maximum Gasteiger partial charge on any atom is 0.124 e. The Kier molecular flexibility index (Phi) is 7.70. The summed E-state index contributed by atoms with van der Waals surface area (Å²) in [5, 5.41) is 10.9. The third kappa shape index (κ3) is 4.97. The van der Waals surface area contributed by atoms with Crippen LogP contribution in [0, 0.1) is 6.07 Å². The van der Waals surface area contributed by atoms with Gasteiger partial charge in [-0.2, -0.15) is 0 Å². The molecular weight excluding hydrogens is 784 g/mol. The molecule has 49 heavy (non-hydrogen) atoms. The summed E-state index contributed by atoms with van der Waals surface area (Å²) in [5.74, 6) is 0.185. The van der Waals surface area contributed by atoms with E-state index < -0.39 is 5.41 Å². The van der Waals surface area contributed by atoms with Crippen LogP contribution in [-0.4, -0.2) is 25.0 Å². The zero-order valence-corrected chi connectivity index (χ0v) is 28.3. The van der Waals surface area contributed by atoms with Crippen molar-refractivity contribution < 1.29 is 26.2 Å². The van der Waals surface area contributed by atoms with Crippen molar-refractivity contribution in [1.82, 2.24) is 19.9 Å². The number of phenolic OH excluding ortho intramolecular Hbond substituents is 1. The van der Waals surface area contributed by atoms with Gasteiger partial charge in [0.25, 0.3) is 0 Å². The average Bonchev–Trinajstić information content (AvgIpc) is 3.46. The van der Waals surface area contributed by atoms with Crippen LogP contribution >= 0.6 is 0 Å². The van der Waals surface area contributed by atoms with E-state index in [4.69, 9.17) is 19.9 Å². The summed E-state index contributed by atoms with van der Waals surface area (Å²) in [7, 11) is 0. The molecule has 236 valence electrons. The Hall–Kier alpha value is -5.77. The van der Waals surface area contributed by atoms with Crippen molar-refractivity contribution in [3.8, 4) is 50.6 Å². The molecule has 5 aromatic carbocycles. The van der Waals surface area contributed by atoms with E-state index in [-0.39, 0.29) is 26.8 Å². The van der Waals surface area contributed by atoms with Gasteiger partial charge in [-0.25, -0.2) is 0 Å². The smallest absolute Gasteiger partial charge is 0.124 e. The molecule has 8 aromatic rings. The number of fused-ring (bicyclic) bond motifs is 4. The van der Waals surface area contributed by atoms with Crippen molar-refractivity contribution in [3.63, 3.8) is 0 Å². The molecule has 1 N–H and O–H groups in total. The molecule has 5 nitrogen and oxygen atoms in total. The van der Waals surface area contributed by atoms with Gasteiger partial charge < -0.3 is 5.11 Å². The van der Waals surface area contributed by atoms with E-state index >= 15 is 0 Å². The molecule has 6 heteroatoms. The summed E-state index contributed by atoms with van der Waals surface area (Å²) < 4.78 is 0. The third-order valence-electron chi connectivity index (χ3n) is 9.22. The number of rotatable bonds is 5. The van der Waals surface area contributed by atoms with E-state index in [1.54, 1.807) is 6.07 Å². The molecule has 3 heterocycles. The van der Waals surface area contributed by atoms with Gasteiger partial charge in [-0.3, -0.25) is 19.9 Å². The summed E-state index contributed by atoms with van der Waals surface area (Å²) in [6.07, 6.45) is 3.63. The minimum atomic E-state index is -0.850. The average molecular weight is 811 g/mol. The second kappa shape index (κ2) is 12.4. The fraction of sp³-hybridized carbons (Fsp3) is 0.0233. The summed E-state index contributed by atoms with van der Waals surface area (Å²) in [6, 6.07) is 52.5. The van der Waals surface area contributed by atoms with E-state index in [0.717, 1.165) is 67.1 Å². The topological polar surface area (TPSA) is 71.8 Å². The SMILES string of the molecule is Oc1ccccc1-c1cccc(C2(c3[c-]c(-c4cnc5ccccc5n4)cc(-c4ccccn4)c3)c3ccccc3-c3ccccc32)n1.[Pt]. The number of benzene rings is 5. The summed E-state index contributed by atoms with van der Waals surface area (Å²) >= 11 is 0. The molecule has 0 saturated heterocycles. The summed E-state index contributed by atoms with van der Waals surface area (Å²) in [6.45, 7) is 0. The minimum absolute atomic E-state index is 0. The van der Waals surface area contributed by atoms with Crippen LogP contribution in [0.5, 0.6) is 5.75 Å². The van der Waals surface area contributed by atoms with Crippen molar-refractivity contribution in [3.05, 3.63) is 186 Å². The predicted molar refractivity (Wildman–Crippen MR) is 189 cm³/mol. The normalized spacial score (nSPS) is 12.6. The molecule has 0 unspecified atom stereocenters. The fourth-order valence-electron chi connectivity index (χ4n) is 7.10. The van der Waals surface area contributed by atoms with E-state index in [1.165, 1.54) is 0 Å². The maximum absolute atomic E-state index is 10.9. The molecule has 0 spiro atoms. The molecule has 9 rings (SSSR count). The number of aromatic nitrogens is 4. The van der Waals surface area contributed by atoms with Crippen molar-refractivity contribution in [2.75, 3.05) is 0 Å². The number of pyridine rings is 2. The third-order valence-corrected chi connectivity index (χ3v) is 9.22. The van der Waals surface area contributed by atoms with Gasteiger partial charge in [0.1, 0.15) is 5.75 Å². The van der Waals surface area contributed by atoms with Crippen LogP contribution in [0.4, 0.5) is 0 Å². The Balaban J connectivity index is 0.00000348. The molecule has 0 radical (unpaired) electrons. The van der Waals surface area contributed by atoms with Crippen LogP contribution in [0.25, 0.3) is 55.9 Å². The van der Waals surface area contributed by atoms with Crippen LogP contribution in [0.1, 0.15) is 22.4 Å². The van der Waals surface area contributed by atoms with E-state index in [2.05, 4.69) is 72.8 Å². The second-order valence-corrected chi connectivity index (χ2v) is 11.9. The molecule has 0 aliphatic heterocycles. The van der Waals surface area contributed by atoms with Crippen molar-refractivity contribution in [1.29, 1.82) is 0 Å². The first-order valence-corrected chi connectivity index (χ1v) is 15.9. The number of hydrogen-bond donors (Lipinski definition) is 1. The molecule has 0 saturated carbocycles. The van der Waals surface area contributed by atoms with E-state index in [0.29, 0.717) is 11.3 Å². The number of phenols is 1. The van der Waals surface area contributed by atoms with Gasteiger partial charge in [0, 0.05) is 44.7 Å². The zero-order valence-electron chi connectivity index (χ0n) is 26.1. The molecule has 0 bridgehead atoms. The van der Waals surface area contributed by atoms with Gasteiger partial charge in [-0.05, 0) is 70.8 Å². The predicted octanol–water partition coefficient (Wildman–Crippen LogP) is 9.29. The van der Waals surface area contributed by atoms with Crippen molar-refractivity contribution >= 4 is 11.0 Å². The molecule has 0 fully saturated rings. The van der Waals surface area contributed by atoms with Crippen LogP contribution in [0.2, 0.25) is 0 Å². The largest absolute Gasteiger partial charge is 0.507 e. The van der Waals surface area contributed by atoms with Gasteiger partial charge in [0.05, 0.1) is 33.5 Å². The Labute approximate surface area is 298 Å². The number of aromatic hydroxyl groups is 1. The minimum Gasteiger partial charge on any atom is -0.507 e. The first-order valence-electron chi connectivity index (χ1n) is 15.9. The standard InChI is InChI=1S/C43H27N4O.Pt/c48-41-21-8-3-14-33(41)37-20-11-22-42(47-37)43(34-15-4-1-12-31(34)32-13-2-5-16-35(32)43)30-25-28(36-17-9-10-23-44-36)24-29(26-30)40-27-45-38-18-6-7-19-39(38)46-40;/h1-25,27,48H;/q-1;. The zero-order chi connectivity index (χ0) is 32.1. The Bertz CT molecular complexity index is 2450. The molecule has 0 amide bonds. The van der Waals surface area contributed by atoms with Gasteiger partial charge in [-0.1, -0.05) is 90.5 Å². The number of hydrogen-bond acceptors (Lipinski definition) is 5. The van der Waals surface area contributed by atoms with Crippen molar-refractivity contribution in [2.45, 2.75) is 5.41 Å². The Morgan fingerprint density at radius 1 is 0.531 bits per heavy atom. The molecule has 1 aliphatic carbocycles. The van der Waals surface area contributed by atoms with E-state index in [9.17, 15) is 5.11 Å². The Morgan fingerprint density at radius 3 is 1.92 bits per heavy atom. The second-order valence-electron chi connectivity index (χ2n) is 11.9. The van der Waals surface area contributed by atoms with Gasteiger partial charge in [-0.15, -0.1) is 29.3 Å². The first kappa shape index (κ1) is 30.6. The fourth-order valence-corrected chi connectivity index (χ4v) is 7.10. The molecule has 3 aromatic heterocycles. The monoisotopic (exact) mass is 810 g/mol. The van der Waals surface area contributed by atoms with E-state index in [1.807, 2.05) is 85.2 Å². The molecular formula is C43H27N4OPt-. The maximum atomic E-state index is 10.9. The van der Waals surface area contributed by atoms with Crippen LogP contribution < -0.4 is 0 Å². The Morgan fingerprint density at radius 2 is 1.18 bits per heavy atom. The van der Waals surface area contributed by atoms with Gasteiger partial charge in [0.15, 0.2) is 0 Å². The first-order chi connectivity index (χ1) is 23.7. The number of para-hydroxylation sites is 3. The quantitative estimate of drug-likeness (QED) is 0.176.